The van der Waals surface area contributed by atoms with Crippen LogP contribution in [0.4, 0.5) is 4.39 Å². The molecule has 1 aromatic carbocycles. The minimum absolute atomic E-state index is 0.0572. The molecule has 0 atom stereocenters. The van der Waals surface area contributed by atoms with Crippen molar-refractivity contribution in [2.24, 2.45) is 0 Å². The SMILES string of the molecule is CC(C)(C)NCc1cnnn1-c1ccc(C#N)cc1F. The number of nitrogens with one attached hydrogen (secondary N) is 1. The summed E-state index contributed by atoms with van der Waals surface area (Å²) in [7, 11) is 0. The van der Waals surface area contributed by atoms with Gasteiger partial charge in [-0.2, -0.15) is 5.26 Å². The Morgan fingerprint density at radius 3 is 2.75 bits per heavy atom. The smallest absolute Gasteiger partial charge is 0.150 e. The first-order chi connectivity index (χ1) is 9.40. The van der Waals surface area contributed by atoms with Crippen molar-refractivity contribution < 1.29 is 4.39 Å². The van der Waals surface area contributed by atoms with Crippen molar-refractivity contribution >= 4 is 0 Å². The van der Waals surface area contributed by atoms with E-state index in [1.807, 2.05) is 26.8 Å². The second kappa shape index (κ2) is 5.39. The Morgan fingerprint density at radius 2 is 2.15 bits per heavy atom. The molecule has 0 aliphatic heterocycles. The van der Waals surface area contributed by atoms with Gasteiger partial charge in [0.15, 0.2) is 0 Å². The molecular formula is C14H16FN5. The van der Waals surface area contributed by atoms with E-state index in [-0.39, 0.29) is 16.8 Å². The Balaban J connectivity index is 2.31. The summed E-state index contributed by atoms with van der Waals surface area (Å²) in [5.74, 6) is -0.494. The molecule has 5 nitrogen and oxygen atoms in total. The maximum atomic E-state index is 14.0. The highest BCUT2D eigenvalue weighted by molar-refractivity contribution is 5.40. The van der Waals surface area contributed by atoms with Gasteiger partial charge in [0.25, 0.3) is 0 Å². The van der Waals surface area contributed by atoms with E-state index in [1.165, 1.54) is 16.8 Å². The zero-order chi connectivity index (χ0) is 14.8. The van der Waals surface area contributed by atoms with Crippen LogP contribution in [0.15, 0.2) is 24.4 Å². The van der Waals surface area contributed by atoms with Gasteiger partial charge in [0, 0.05) is 12.1 Å². The lowest BCUT2D eigenvalue weighted by Crippen LogP contribution is -2.35. The van der Waals surface area contributed by atoms with Crippen LogP contribution in [0.5, 0.6) is 0 Å². The number of aromatic nitrogens is 3. The maximum absolute atomic E-state index is 14.0. The van der Waals surface area contributed by atoms with Gasteiger partial charge in [-0.3, -0.25) is 0 Å². The van der Waals surface area contributed by atoms with Crippen LogP contribution in [-0.2, 0) is 6.54 Å². The van der Waals surface area contributed by atoms with Gasteiger partial charge in [0.1, 0.15) is 11.5 Å². The summed E-state index contributed by atoms with van der Waals surface area (Å²) in [6.07, 6.45) is 1.59. The Kier molecular flexibility index (Phi) is 3.81. The first-order valence-corrected chi connectivity index (χ1v) is 6.25. The van der Waals surface area contributed by atoms with E-state index in [1.54, 1.807) is 12.3 Å². The predicted octanol–water partition coefficient (Wildman–Crippen LogP) is 2.17. The second-order valence-electron chi connectivity index (χ2n) is 5.52. The van der Waals surface area contributed by atoms with Gasteiger partial charge in [-0.05, 0) is 39.0 Å². The summed E-state index contributed by atoms with van der Waals surface area (Å²) in [5, 5.41) is 19.8. The Bertz CT molecular complexity index is 648. The molecule has 1 aromatic heterocycles. The Hall–Kier alpha value is -2.26. The van der Waals surface area contributed by atoms with Gasteiger partial charge in [-0.1, -0.05) is 5.21 Å². The molecule has 0 saturated heterocycles. The summed E-state index contributed by atoms with van der Waals surface area (Å²) >= 11 is 0. The first-order valence-electron chi connectivity index (χ1n) is 6.25. The van der Waals surface area contributed by atoms with Crippen LogP contribution in [0.3, 0.4) is 0 Å². The van der Waals surface area contributed by atoms with Crippen LogP contribution in [-0.4, -0.2) is 20.5 Å². The number of nitriles is 1. The molecule has 0 spiro atoms. The fourth-order valence-electron chi connectivity index (χ4n) is 1.68. The quantitative estimate of drug-likeness (QED) is 0.930. The highest BCUT2D eigenvalue weighted by atomic mass is 19.1. The molecule has 0 saturated carbocycles. The fraction of sp³-hybridized carbons (Fsp3) is 0.357. The molecule has 0 bridgehead atoms. The number of rotatable bonds is 3. The standard InChI is InChI=1S/C14H16FN5/c1-14(2,3)17-8-11-9-18-19-20(11)13-5-4-10(7-16)6-12(13)15/h4-6,9,17H,8H2,1-3H3. The van der Waals surface area contributed by atoms with E-state index in [9.17, 15) is 4.39 Å². The highest BCUT2D eigenvalue weighted by Crippen LogP contribution is 2.16. The van der Waals surface area contributed by atoms with E-state index < -0.39 is 5.82 Å². The van der Waals surface area contributed by atoms with Crippen LogP contribution >= 0.6 is 0 Å². The topological polar surface area (TPSA) is 66.5 Å². The molecular weight excluding hydrogens is 257 g/mol. The molecule has 1 N–H and O–H groups in total. The zero-order valence-corrected chi connectivity index (χ0v) is 11.7. The summed E-state index contributed by atoms with van der Waals surface area (Å²) in [5.41, 5.74) is 1.26. The van der Waals surface area contributed by atoms with Crippen molar-refractivity contribution in [3.63, 3.8) is 0 Å². The monoisotopic (exact) mass is 273 g/mol. The molecule has 2 rings (SSSR count). The third kappa shape index (κ3) is 3.19. The number of hydrogen-bond acceptors (Lipinski definition) is 4. The lowest BCUT2D eigenvalue weighted by Gasteiger charge is -2.20. The van der Waals surface area contributed by atoms with Gasteiger partial charge in [-0.25, -0.2) is 9.07 Å². The molecule has 0 aliphatic rings. The largest absolute Gasteiger partial charge is 0.306 e. The van der Waals surface area contributed by atoms with Gasteiger partial charge in [0.05, 0.1) is 23.5 Å². The van der Waals surface area contributed by atoms with Crippen LogP contribution < -0.4 is 5.32 Å². The number of benzene rings is 1. The van der Waals surface area contributed by atoms with Crippen molar-refractivity contribution in [3.05, 3.63) is 41.5 Å². The van der Waals surface area contributed by atoms with Gasteiger partial charge in [0.2, 0.25) is 0 Å². The van der Waals surface area contributed by atoms with E-state index in [0.29, 0.717) is 6.54 Å². The summed E-state index contributed by atoms with van der Waals surface area (Å²) < 4.78 is 15.4. The molecule has 104 valence electrons. The average Bonchev–Trinajstić information content (AvgIpc) is 2.83. The van der Waals surface area contributed by atoms with Gasteiger partial charge in [-0.15, -0.1) is 5.10 Å². The molecule has 6 heteroatoms. The van der Waals surface area contributed by atoms with E-state index in [4.69, 9.17) is 5.26 Å². The van der Waals surface area contributed by atoms with Gasteiger partial charge >= 0.3 is 0 Å². The van der Waals surface area contributed by atoms with Crippen LogP contribution in [0.25, 0.3) is 5.69 Å². The molecule has 0 radical (unpaired) electrons. The molecule has 0 amide bonds. The fourth-order valence-corrected chi connectivity index (χ4v) is 1.68. The van der Waals surface area contributed by atoms with E-state index in [2.05, 4.69) is 15.6 Å². The molecule has 2 aromatic rings. The lowest BCUT2D eigenvalue weighted by molar-refractivity contribution is 0.418. The molecule has 1 heterocycles. The van der Waals surface area contributed by atoms with Crippen LogP contribution in [0.1, 0.15) is 32.0 Å². The van der Waals surface area contributed by atoms with Crippen molar-refractivity contribution in [2.75, 3.05) is 0 Å². The number of hydrogen-bond donors (Lipinski definition) is 1. The third-order valence-electron chi connectivity index (χ3n) is 2.72. The van der Waals surface area contributed by atoms with Crippen molar-refractivity contribution in [1.29, 1.82) is 5.26 Å². The summed E-state index contributed by atoms with van der Waals surface area (Å²) in [6, 6.07) is 6.18. The third-order valence-corrected chi connectivity index (χ3v) is 2.72. The highest BCUT2D eigenvalue weighted by Gasteiger charge is 2.14. The van der Waals surface area contributed by atoms with E-state index >= 15 is 0 Å². The molecule has 20 heavy (non-hydrogen) atoms. The molecule has 0 aliphatic carbocycles. The van der Waals surface area contributed by atoms with Gasteiger partial charge < -0.3 is 5.32 Å². The normalized spacial score (nSPS) is 11.3. The number of halogens is 1. The summed E-state index contributed by atoms with van der Waals surface area (Å²) in [6.45, 7) is 6.66. The second-order valence-corrected chi connectivity index (χ2v) is 5.52. The van der Waals surface area contributed by atoms with Crippen molar-refractivity contribution in [1.82, 2.24) is 20.3 Å². The van der Waals surface area contributed by atoms with E-state index in [0.717, 1.165) is 5.69 Å². The number of nitrogens with zero attached hydrogens (tertiary/aromatic N) is 4. The molecule has 0 fully saturated rings. The minimum atomic E-state index is -0.494. The maximum Gasteiger partial charge on any atom is 0.150 e. The average molecular weight is 273 g/mol. The Labute approximate surface area is 117 Å². The summed E-state index contributed by atoms with van der Waals surface area (Å²) in [4.78, 5) is 0. The van der Waals surface area contributed by atoms with Crippen molar-refractivity contribution in [2.45, 2.75) is 32.9 Å². The van der Waals surface area contributed by atoms with Crippen LogP contribution in [0, 0.1) is 17.1 Å². The van der Waals surface area contributed by atoms with Crippen LogP contribution in [0.2, 0.25) is 0 Å². The predicted molar refractivity (Wildman–Crippen MR) is 72.6 cm³/mol. The lowest BCUT2D eigenvalue weighted by atomic mass is 10.1. The zero-order valence-electron chi connectivity index (χ0n) is 11.7. The van der Waals surface area contributed by atoms with Crippen molar-refractivity contribution in [3.8, 4) is 11.8 Å². The Morgan fingerprint density at radius 1 is 1.40 bits per heavy atom. The minimum Gasteiger partial charge on any atom is -0.306 e. The molecule has 0 unspecified atom stereocenters. The first kappa shape index (κ1) is 14.2.